The zero-order valence-electron chi connectivity index (χ0n) is 14.7. The standard InChI is InChI=1S/C18H20N2O5S2/c1-11(17(21)20-12-5-4-6-13(9-12)27(19,23)24)25-18(22)15-10-26-16-8-3-2-7-14(15)16/h4-6,9-11H,2-3,7-8H2,1H3,(H,20,21)(H2,19,23,24)/t11-/m0/s1. The van der Waals surface area contributed by atoms with E-state index in [1.54, 1.807) is 16.7 Å². The van der Waals surface area contributed by atoms with Gasteiger partial charge in [-0.1, -0.05) is 6.07 Å². The van der Waals surface area contributed by atoms with E-state index in [2.05, 4.69) is 5.32 Å². The van der Waals surface area contributed by atoms with Crippen LogP contribution in [0.15, 0.2) is 34.5 Å². The number of sulfonamides is 1. The number of hydrogen-bond acceptors (Lipinski definition) is 6. The van der Waals surface area contributed by atoms with Crippen molar-refractivity contribution in [1.82, 2.24) is 0 Å². The lowest BCUT2D eigenvalue weighted by Gasteiger charge is -2.15. The lowest BCUT2D eigenvalue weighted by Crippen LogP contribution is -2.30. The Kier molecular flexibility index (Phi) is 5.64. The van der Waals surface area contributed by atoms with Crippen molar-refractivity contribution in [2.75, 3.05) is 5.32 Å². The fourth-order valence-corrected chi connectivity index (χ4v) is 4.61. The Morgan fingerprint density at radius 3 is 2.74 bits per heavy atom. The van der Waals surface area contributed by atoms with E-state index < -0.39 is 28.0 Å². The summed E-state index contributed by atoms with van der Waals surface area (Å²) in [5.74, 6) is -1.07. The number of nitrogens with two attached hydrogens (primary N) is 1. The number of carbonyl (C=O) groups excluding carboxylic acids is 2. The molecule has 1 aliphatic rings. The summed E-state index contributed by atoms with van der Waals surface area (Å²) in [5.41, 5.74) is 1.82. The molecule has 3 N–H and O–H groups in total. The third kappa shape index (κ3) is 4.55. The van der Waals surface area contributed by atoms with Gasteiger partial charge in [0.2, 0.25) is 10.0 Å². The second kappa shape index (κ2) is 7.79. The van der Waals surface area contributed by atoms with Crippen molar-refractivity contribution in [3.63, 3.8) is 0 Å². The van der Waals surface area contributed by atoms with Gasteiger partial charge < -0.3 is 10.1 Å². The average molecular weight is 409 g/mol. The number of benzene rings is 1. The zero-order valence-corrected chi connectivity index (χ0v) is 16.4. The molecular weight excluding hydrogens is 388 g/mol. The molecule has 1 heterocycles. The maximum absolute atomic E-state index is 12.4. The average Bonchev–Trinajstić information content (AvgIpc) is 3.05. The van der Waals surface area contributed by atoms with E-state index in [4.69, 9.17) is 9.88 Å². The lowest BCUT2D eigenvalue weighted by atomic mass is 9.96. The second-order valence-corrected chi connectivity index (χ2v) is 8.89. The fraction of sp³-hybridized carbons (Fsp3) is 0.333. The summed E-state index contributed by atoms with van der Waals surface area (Å²) in [6.45, 7) is 1.47. The molecule has 0 bridgehead atoms. The van der Waals surface area contributed by atoms with Crippen LogP contribution in [0.4, 0.5) is 5.69 Å². The van der Waals surface area contributed by atoms with Gasteiger partial charge in [0.1, 0.15) is 0 Å². The number of ether oxygens (including phenoxy) is 1. The Morgan fingerprint density at radius 1 is 1.26 bits per heavy atom. The molecule has 0 fully saturated rings. The Morgan fingerprint density at radius 2 is 2.00 bits per heavy atom. The Hall–Kier alpha value is -2.23. The van der Waals surface area contributed by atoms with Crippen molar-refractivity contribution < 1.29 is 22.7 Å². The van der Waals surface area contributed by atoms with Crippen molar-refractivity contribution in [3.05, 3.63) is 45.6 Å². The van der Waals surface area contributed by atoms with E-state index in [1.807, 2.05) is 0 Å². The number of thiophene rings is 1. The van der Waals surface area contributed by atoms with Crippen LogP contribution in [0.25, 0.3) is 0 Å². The van der Waals surface area contributed by atoms with Gasteiger partial charge in [-0.2, -0.15) is 0 Å². The maximum atomic E-state index is 12.4. The van der Waals surface area contributed by atoms with Gasteiger partial charge >= 0.3 is 5.97 Å². The molecule has 144 valence electrons. The van der Waals surface area contributed by atoms with Crippen LogP contribution in [0.1, 0.15) is 40.6 Å². The summed E-state index contributed by atoms with van der Waals surface area (Å²) in [5, 5.41) is 9.41. The molecule has 0 aliphatic heterocycles. The molecular formula is C18H20N2O5S2. The van der Waals surface area contributed by atoms with E-state index in [0.717, 1.165) is 31.2 Å². The molecule has 2 aromatic rings. The molecule has 1 aliphatic carbocycles. The molecule has 0 saturated carbocycles. The van der Waals surface area contributed by atoms with Gasteiger partial charge in [-0.3, -0.25) is 4.79 Å². The Bertz CT molecular complexity index is 981. The number of carbonyl (C=O) groups is 2. The molecule has 3 rings (SSSR count). The van der Waals surface area contributed by atoms with Crippen molar-refractivity contribution >= 4 is 38.9 Å². The van der Waals surface area contributed by atoms with Crippen molar-refractivity contribution in [2.24, 2.45) is 5.14 Å². The van der Waals surface area contributed by atoms with Crippen LogP contribution in [0.5, 0.6) is 0 Å². The quantitative estimate of drug-likeness (QED) is 0.738. The van der Waals surface area contributed by atoms with Gasteiger partial charge in [-0.25, -0.2) is 18.4 Å². The first kappa shape index (κ1) is 19.5. The highest BCUT2D eigenvalue weighted by Crippen LogP contribution is 2.30. The van der Waals surface area contributed by atoms with Crippen LogP contribution in [0.2, 0.25) is 0 Å². The molecule has 0 spiro atoms. The van der Waals surface area contributed by atoms with Gasteiger partial charge in [0.05, 0.1) is 10.5 Å². The van der Waals surface area contributed by atoms with Gasteiger partial charge in [-0.15, -0.1) is 11.3 Å². The number of nitrogens with one attached hydrogen (secondary N) is 1. The van der Waals surface area contributed by atoms with E-state index in [9.17, 15) is 18.0 Å². The molecule has 27 heavy (non-hydrogen) atoms. The number of primary sulfonamides is 1. The smallest absolute Gasteiger partial charge is 0.340 e. The fourth-order valence-electron chi connectivity index (χ4n) is 2.94. The Balaban J connectivity index is 1.66. The van der Waals surface area contributed by atoms with Crippen LogP contribution in [0, 0.1) is 0 Å². The number of fused-ring (bicyclic) bond motifs is 1. The van der Waals surface area contributed by atoms with Crippen molar-refractivity contribution in [2.45, 2.75) is 43.6 Å². The number of aryl methyl sites for hydroxylation is 1. The topological polar surface area (TPSA) is 116 Å². The molecule has 0 saturated heterocycles. The van der Waals surface area contributed by atoms with Crippen LogP contribution < -0.4 is 10.5 Å². The number of anilines is 1. The van der Waals surface area contributed by atoms with E-state index in [-0.39, 0.29) is 10.6 Å². The minimum Gasteiger partial charge on any atom is -0.449 e. The first-order valence-corrected chi connectivity index (χ1v) is 10.9. The van der Waals surface area contributed by atoms with Gasteiger partial charge in [0.25, 0.3) is 5.91 Å². The third-order valence-corrected chi connectivity index (χ3v) is 6.36. The molecule has 7 nitrogen and oxygen atoms in total. The molecule has 1 atom stereocenters. The molecule has 1 aromatic carbocycles. The zero-order chi connectivity index (χ0) is 19.6. The summed E-state index contributed by atoms with van der Waals surface area (Å²) >= 11 is 1.55. The number of esters is 1. The number of hydrogen-bond donors (Lipinski definition) is 2. The predicted octanol–water partition coefficient (Wildman–Crippen LogP) is 2.46. The lowest BCUT2D eigenvalue weighted by molar-refractivity contribution is -0.123. The summed E-state index contributed by atoms with van der Waals surface area (Å²) in [7, 11) is -3.87. The predicted molar refractivity (Wildman–Crippen MR) is 102 cm³/mol. The summed E-state index contributed by atoms with van der Waals surface area (Å²) in [4.78, 5) is 25.8. The van der Waals surface area contributed by atoms with E-state index in [0.29, 0.717) is 5.56 Å². The van der Waals surface area contributed by atoms with Crippen LogP contribution >= 0.6 is 11.3 Å². The summed E-state index contributed by atoms with van der Waals surface area (Å²) in [6, 6.07) is 5.56. The SMILES string of the molecule is C[C@H](OC(=O)c1csc2c1CCCC2)C(=O)Nc1cccc(S(N)(=O)=O)c1. The normalized spacial score (nSPS) is 14.9. The molecule has 1 aromatic heterocycles. The largest absolute Gasteiger partial charge is 0.449 e. The third-order valence-electron chi connectivity index (χ3n) is 4.36. The van der Waals surface area contributed by atoms with Crippen molar-refractivity contribution in [1.29, 1.82) is 0 Å². The molecule has 0 unspecified atom stereocenters. The van der Waals surface area contributed by atoms with Gasteiger partial charge in [0, 0.05) is 15.9 Å². The second-order valence-electron chi connectivity index (χ2n) is 6.37. The number of rotatable bonds is 5. The van der Waals surface area contributed by atoms with Crippen molar-refractivity contribution in [3.8, 4) is 0 Å². The van der Waals surface area contributed by atoms with Crippen LogP contribution in [-0.4, -0.2) is 26.4 Å². The van der Waals surface area contributed by atoms with Gasteiger partial charge in [-0.05, 0) is 56.4 Å². The minimum atomic E-state index is -3.87. The molecule has 1 amide bonds. The van der Waals surface area contributed by atoms with Crippen LogP contribution in [0.3, 0.4) is 0 Å². The monoisotopic (exact) mass is 408 g/mol. The minimum absolute atomic E-state index is 0.116. The van der Waals surface area contributed by atoms with Crippen LogP contribution in [-0.2, 0) is 32.4 Å². The van der Waals surface area contributed by atoms with E-state index >= 15 is 0 Å². The van der Waals surface area contributed by atoms with E-state index in [1.165, 1.54) is 36.1 Å². The van der Waals surface area contributed by atoms with Gasteiger partial charge in [0.15, 0.2) is 6.10 Å². The molecule has 0 radical (unpaired) electrons. The highest BCUT2D eigenvalue weighted by atomic mass is 32.2. The first-order valence-electron chi connectivity index (χ1n) is 8.49. The molecule has 9 heteroatoms. The first-order chi connectivity index (χ1) is 12.8. The maximum Gasteiger partial charge on any atom is 0.340 e. The highest BCUT2D eigenvalue weighted by molar-refractivity contribution is 7.89. The Labute approximate surface area is 161 Å². The highest BCUT2D eigenvalue weighted by Gasteiger charge is 2.25. The summed E-state index contributed by atoms with van der Waals surface area (Å²) in [6.07, 6.45) is 2.96. The summed E-state index contributed by atoms with van der Waals surface area (Å²) < 4.78 is 28.1. The number of amides is 1.